The lowest BCUT2D eigenvalue weighted by Crippen LogP contribution is -2.14. The second-order valence-electron chi connectivity index (χ2n) is 2.37. The summed E-state index contributed by atoms with van der Waals surface area (Å²) >= 11 is 3.37. The Labute approximate surface area is 85.7 Å². The lowest BCUT2D eigenvalue weighted by molar-refractivity contribution is 0.158. The molecular formula is C9H11BrN2O. The third-order valence-electron chi connectivity index (χ3n) is 1.44. The second kappa shape index (κ2) is 4.87. The highest BCUT2D eigenvalue weighted by Gasteiger charge is 2.02. The van der Waals surface area contributed by atoms with Crippen molar-refractivity contribution in [3.8, 4) is 0 Å². The first-order valence-electron chi connectivity index (χ1n) is 3.96. The molecule has 0 atom stereocenters. The van der Waals surface area contributed by atoms with E-state index in [-0.39, 0.29) is 0 Å². The van der Waals surface area contributed by atoms with Crippen molar-refractivity contribution in [2.75, 3.05) is 6.61 Å². The molecule has 0 radical (unpaired) electrons. The first-order chi connectivity index (χ1) is 6.25. The van der Waals surface area contributed by atoms with E-state index in [0.717, 1.165) is 10.0 Å². The van der Waals surface area contributed by atoms with Crippen LogP contribution in [0.1, 0.15) is 12.5 Å². The van der Waals surface area contributed by atoms with Crippen molar-refractivity contribution in [3.05, 3.63) is 34.3 Å². The van der Waals surface area contributed by atoms with Crippen molar-refractivity contribution in [1.29, 1.82) is 0 Å². The van der Waals surface area contributed by atoms with Gasteiger partial charge in [-0.3, -0.25) is 0 Å². The van der Waals surface area contributed by atoms with Gasteiger partial charge in [0.15, 0.2) is 5.84 Å². The largest absolute Gasteiger partial charge is 0.394 e. The fraction of sp³-hybridized carbons (Fsp3) is 0.222. The highest BCUT2D eigenvalue weighted by Crippen LogP contribution is 2.15. The van der Waals surface area contributed by atoms with E-state index in [1.54, 1.807) is 0 Å². The number of benzene rings is 1. The van der Waals surface area contributed by atoms with Crippen LogP contribution in [0.25, 0.3) is 0 Å². The maximum Gasteiger partial charge on any atom is 0.171 e. The minimum Gasteiger partial charge on any atom is -0.394 e. The van der Waals surface area contributed by atoms with Crippen LogP contribution in [0.3, 0.4) is 0 Å². The van der Waals surface area contributed by atoms with E-state index in [0.29, 0.717) is 12.4 Å². The SMILES string of the molecule is CCO/N=C(\N)c1ccccc1Br. The van der Waals surface area contributed by atoms with Gasteiger partial charge in [-0.25, -0.2) is 0 Å². The molecule has 0 spiro atoms. The van der Waals surface area contributed by atoms with Gasteiger partial charge in [0.05, 0.1) is 0 Å². The summed E-state index contributed by atoms with van der Waals surface area (Å²) < 4.78 is 0.913. The van der Waals surface area contributed by atoms with Crippen LogP contribution in [0.5, 0.6) is 0 Å². The molecule has 0 fully saturated rings. The van der Waals surface area contributed by atoms with Crippen LogP contribution >= 0.6 is 15.9 Å². The van der Waals surface area contributed by atoms with Crippen molar-refractivity contribution in [2.45, 2.75) is 6.92 Å². The summed E-state index contributed by atoms with van der Waals surface area (Å²) in [5, 5.41) is 3.74. The van der Waals surface area contributed by atoms with Crippen LogP contribution < -0.4 is 5.73 Å². The lowest BCUT2D eigenvalue weighted by Gasteiger charge is -2.02. The minimum absolute atomic E-state index is 0.384. The third kappa shape index (κ3) is 2.73. The highest BCUT2D eigenvalue weighted by atomic mass is 79.9. The molecule has 1 aromatic carbocycles. The van der Waals surface area contributed by atoms with Crippen LogP contribution in [-0.2, 0) is 4.84 Å². The summed E-state index contributed by atoms with van der Waals surface area (Å²) in [6.07, 6.45) is 0. The molecule has 0 aliphatic rings. The molecule has 0 saturated carbocycles. The molecule has 1 rings (SSSR count). The Morgan fingerprint density at radius 2 is 2.23 bits per heavy atom. The van der Waals surface area contributed by atoms with E-state index >= 15 is 0 Å². The Bertz CT molecular complexity index is 312. The Hall–Kier alpha value is -1.03. The van der Waals surface area contributed by atoms with Gasteiger partial charge in [0.1, 0.15) is 6.61 Å². The molecule has 70 valence electrons. The summed E-state index contributed by atoms with van der Waals surface area (Å²) in [7, 11) is 0. The van der Waals surface area contributed by atoms with Crippen molar-refractivity contribution in [2.24, 2.45) is 10.9 Å². The van der Waals surface area contributed by atoms with Gasteiger partial charge in [-0.05, 0) is 13.0 Å². The second-order valence-corrected chi connectivity index (χ2v) is 3.23. The maximum absolute atomic E-state index is 5.68. The number of halogens is 1. The predicted octanol–water partition coefficient (Wildman–Crippen LogP) is 2.11. The van der Waals surface area contributed by atoms with Crippen molar-refractivity contribution in [1.82, 2.24) is 0 Å². The van der Waals surface area contributed by atoms with Gasteiger partial charge >= 0.3 is 0 Å². The van der Waals surface area contributed by atoms with E-state index in [1.165, 1.54) is 0 Å². The first kappa shape index (κ1) is 10.1. The quantitative estimate of drug-likeness (QED) is 0.502. The van der Waals surface area contributed by atoms with Gasteiger partial charge in [0.2, 0.25) is 0 Å². The smallest absolute Gasteiger partial charge is 0.171 e. The van der Waals surface area contributed by atoms with Crippen molar-refractivity contribution >= 4 is 21.8 Å². The number of hydrogen-bond acceptors (Lipinski definition) is 2. The molecular weight excluding hydrogens is 232 g/mol. The van der Waals surface area contributed by atoms with Crippen molar-refractivity contribution < 1.29 is 4.84 Å². The molecule has 3 nitrogen and oxygen atoms in total. The Balaban J connectivity index is 2.88. The van der Waals surface area contributed by atoms with E-state index in [2.05, 4.69) is 21.1 Å². The molecule has 0 unspecified atom stereocenters. The van der Waals surface area contributed by atoms with Crippen molar-refractivity contribution in [3.63, 3.8) is 0 Å². The molecule has 1 aromatic rings. The molecule has 4 heteroatoms. The number of hydrogen-bond donors (Lipinski definition) is 1. The summed E-state index contributed by atoms with van der Waals surface area (Å²) in [5.74, 6) is 0.384. The highest BCUT2D eigenvalue weighted by molar-refractivity contribution is 9.10. The number of nitrogens with zero attached hydrogens (tertiary/aromatic N) is 1. The summed E-state index contributed by atoms with van der Waals surface area (Å²) in [5.41, 5.74) is 6.52. The molecule has 0 aromatic heterocycles. The van der Waals surface area contributed by atoms with Gasteiger partial charge in [-0.15, -0.1) is 0 Å². The molecule has 0 aliphatic heterocycles. The first-order valence-corrected chi connectivity index (χ1v) is 4.75. The van der Waals surface area contributed by atoms with Gasteiger partial charge < -0.3 is 10.6 Å². The average molecular weight is 243 g/mol. The Morgan fingerprint density at radius 3 is 2.85 bits per heavy atom. The van der Waals surface area contributed by atoms with Crippen LogP contribution in [0.15, 0.2) is 33.9 Å². The van der Waals surface area contributed by atoms with Gasteiger partial charge in [-0.1, -0.05) is 39.3 Å². The van der Waals surface area contributed by atoms with Crippen LogP contribution in [-0.4, -0.2) is 12.4 Å². The number of amidine groups is 1. The van der Waals surface area contributed by atoms with E-state index < -0.39 is 0 Å². The van der Waals surface area contributed by atoms with Crippen LogP contribution in [0.4, 0.5) is 0 Å². The molecule has 0 saturated heterocycles. The number of oxime groups is 1. The Morgan fingerprint density at radius 1 is 1.54 bits per heavy atom. The molecule has 0 heterocycles. The monoisotopic (exact) mass is 242 g/mol. The van der Waals surface area contributed by atoms with Gasteiger partial charge in [0.25, 0.3) is 0 Å². The van der Waals surface area contributed by atoms with Gasteiger partial charge in [0, 0.05) is 10.0 Å². The predicted molar refractivity (Wildman–Crippen MR) is 56.5 cm³/mol. The maximum atomic E-state index is 5.68. The summed E-state index contributed by atoms with van der Waals surface area (Å²) in [4.78, 5) is 4.85. The molecule has 0 bridgehead atoms. The van der Waals surface area contributed by atoms with Crippen LogP contribution in [0.2, 0.25) is 0 Å². The zero-order chi connectivity index (χ0) is 9.68. The molecule has 2 N–H and O–H groups in total. The van der Waals surface area contributed by atoms with E-state index in [1.807, 2.05) is 31.2 Å². The summed E-state index contributed by atoms with van der Waals surface area (Å²) in [6.45, 7) is 2.38. The zero-order valence-corrected chi connectivity index (χ0v) is 8.91. The molecule has 0 aliphatic carbocycles. The Kier molecular flexibility index (Phi) is 3.76. The van der Waals surface area contributed by atoms with Gasteiger partial charge in [-0.2, -0.15) is 0 Å². The lowest BCUT2D eigenvalue weighted by atomic mass is 10.2. The van der Waals surface area contributed by atoms with E-state index in [9.17, 15) is 0 Å². The fourth-order valence-corrected chi connectivity index (χ4v) is 1.34. The average Bonchev–Trinajstić information content (AvgIpc) is 2.15. The normalized spacial score (nSPS) is 11.4. The standard InChI is InChI=1S/C9H11BrN2O/c1-2-13-12-9(11)7-5-3-4-6-8(7)10/h3-6H,2H2,1H3,(H2,11,12). The van der Waals surface area contributed by atoms with Crippen LogP contribution in [0, 0.1) is 0 Å². The topological polar surface area (TPSA) is 47.6 Å². The fourth-order valence-electron chi connectivity index (χ4n) is 0.852. The summed E-state index contributed by atoms with van der Waals surface area (Å²) in [6, 6.07) is 7.60. The molecule has 13 heavy (non-hydrogen) atoms. The number of nitrogens with two attached hydrogens (primary N) is 1. The minimum atomic E-state index is 0.384. The third-order valence-corrected chi connectivity index (χ3v) is 2.13. The molecule has 0 amide bonds. The zero-order valence-electron chi connectivity index (χ0n) is 7.33. The van der Waals surface area contributed by atoms with E-state index in [4.69, 9.17) is 10.6 Å². The number of rotatable bonds is 3.